The van der Waals surface area contributed by atoms with Crippen LogP contribution in [0.5, 0.6) is 0 Å². The van der Waals surface area contributed by atoms with Crippen LogP contribution in [-0.2, 0) is 28.5 Å². The molecule has 0 saturated carbocycles. The van der Waals surface area contributed by atoms with Crippen molar-refractivity contribution in [1.82, 2.24) is 0 Å². The zero-order valence-corrected chi connectivity index (χ0v) is 11.3. The van der Waals surface area contributed by atoms with E-state index in [1.807, 2.05) is 0 Å². The lowest BCUT2D eigenvalue weighted by molar-refractivity contribution is -0.232. The van der Waals surface area contributed by atoms with Crippen molar-refractivity contribution in [2.45, 2.75) is 32.5 Å². The third-order valence-electron chi connectivity index (χ3n) is 3.58. The molecule has 6 nitrogen and oxygen atoms in total. The first-order valence-corrected chi connectivity index (χ1v) is 6.76. The standard InChI is InChI=1S/C13H20O6/c1-3-16-11(14)9-5-7-18-13(9)10(6-8-19-13)12(15)17-4-2/h9-10H,3-8H2,1-2H3/t9-,10+,13?. The molecule has 0 amide bonds. The van der Waals surface area contributed by atoms with E-state index >= 15 is 0 Å². The Morgan fingerprint density at radius 2 is 1.42 bits per heavy atom. The van der Waals surface area contributed by atoms with Gasteiger partial charge in [-0.15, -0.1) is 0 Å². The van der Waals surface area contributed by atoms with Crippen LogP contribution in [0.25, 0.3) is 0 Å². The summed E-state index contributed by atoms with van der Waals surface area (Å²) in [7, 11) is 0. The predicted octanol–water partition coefficient (Wildman–Crippen LogP) is 0.882. The zero-order valence-electron chi connectivity index (χ0n) is 11.3. The van der Waals surface area contributed by atoms with Crippen molar-refractivity contribution in [3.63, 3.8) is 0 Å². The molecule has 2 saturated heterocycles. The Kier molecular flexibility index (Phi) is 4.42. The molecule has 2 rings (SSSR count). The van der Waals surface area contributed by atoms with Crippen LogP contribution in [0.3, 0.4) is 0 Å². The maximum Gasteiger partial charge on any atom is 0.314 e. The normalized spacial score (nSPS) is 33.6. The number of esters is 2. The number of rotatable bonds is 4. The van der Waals surface area contributed by atoms with Crippen LogP contribution in [-0.4, -0.2) is 44.2 Å². The number of carbonyl (C=O) groups is 2. The highest BCUT2D eigenvalue weighted by atomic mass is 16.7. The number of ether oxygens (including phenoxy) is 4. The van der Waals surface area contributed by atoms with Gasteiger partial charge in [-0.2, -0.15) is 0 Å². The molecule has 2 heterocycles. The average molecular weight is 272 g/mol. The summed E-state index contributed by atoms with van der Waals surface area (Å²) in [6.07, 6.45) is 1.02. The van der Waals surface area contributed by atoms with E-state index in [1.165, 1.54) is 0 Å². The predicted molar refractivity (Wildman–Crippen MR) is 64.1 cm³/mol. The van der Waals surface area contributed by atoms with Crippen molar-refractivity contribution < 1.29 is 28.5 Å². The van der Waals surface area contributed by atoms with E-state index in [1.54, 1.807) is 13.8 Å². The van der Waals surface area contributed by atoms with E-state index in [0.717, 1.165) is 0 Å². The minimum Gasteiger partial charge on any atom is -0.466 e. The topological polar surface area (TPSA) is 71.1 Å². The van der Waals surface area contributed by atoms with E-state index < -0.39 is 17.6 Å². The quantitative estimate of drug-likeness (QED) is 0.708. The van der Waals surface area contributed by atoms with Crippen LogP contribution in [0.2, 0.25) is 0 Å². The van der Waals surface area contributed by atoms with Gasteiger partial charge in [0.05, 0.1) is 26.4 Å². The van der Waals surface area contributed by atoms with Crippen LogP contribution < -0.4 is 0 Å². The monoisotopic (exact) mass is 272 g/mol. The average Bonchev–Trinajstić information content (AvgIpc) is 2.98. The molecule has 1 unspecified atom stereocenters. The molecule has 0 aromatic rings. The van der Waals surface area contributed by atoms with Crippen LogP contribution in [0, 0.1) is 11.8 Å². The maximum absolute atomic E-state index is 12.0. The largest absolute Gasteiger partial charge is 0.466 e. The first kappa shape index (κ1) is 14.3. The Morgan fingerprint density at radius 1 is 1.00 bits per heavy atom. The molecule has 6 heteroatoms. The van der Waals surface area contributed by atoms with Gasteiger partial charge in [0.1, 0.15) is 11.8 Å². The van der Waals surface area contributed by atoms with Gasteiger partial charge < -0.3 is 18.9 Å². The smallest absolute Gasteiger partial charge is 0.314 e. The summed E-state index contributed by atoms with van der Waals surface area (Å²) in [5.74, 6) is -3.01. The van der Waals surface area contributed by atoms with Gasteiger partial charge in [0, 0.05) is 0 Å². The second-order valence-corrected chi connectivity index (χ2v) is 4.60. The van der Waals surface area contributed by atoms with E-state index in [9.17, 15) is 9.59 Å². The lowest BCUT2D eigenvalue weighted by atomic mass is 9.86. The summed E-state index contributed by atoms with van der Waals surface area (Å²) in [4.78, 5) is 24.0. The molecule has 3 atom stereocenters. The van der Waals surface area contributed by atoms with E-state index in [0.29, 0.717) is 39.3 Å². The lowest BCUT2D eigenvalue weighted by Gasteiger charge is -2.32. The highest BCUT2D eigenvalue weighted by Gasteiger charge is 2.61. The number of hydrogen-bond acceptors (Lipinski definition) is 6. The molecule has 2 aliphatic rings. The van der Waals surface area contributed by atoms with Crippen molar-refractivity contribution in [2.24, 2.45) is 11.8 Å². The van der Waals surface area contributed by atoms with Gasteiger partial charge in [-0.25, -0.2) is 0 Å². The third-order valence-corrected chi connectivity index (χ3v) is 3.58. The molecular weight excluding hydrogens is 252 g/mol. The van der Waals surface area contributed by atoms with Crippen molar-refractivity contribution in [3.8, 4) is 0 Å². The molecule has 19 heavy (non-hydrogen) atoms. The van der Waals surface area contributed by atoms with E-state index in [4.69, 9.17) is 18.9 Å². The van der Waals surface area contributed by atoms with Gasteiger partial charge in [0.2, 0.25) is 0 Å². The van der Waals surface area contributed by atoms with Crippen LogP contribution in [0.1, 0.15) is 26.7 Å². The van der Waals surface area contributed by atoms with Crippen LogP contribution in [0.15, 0.2) is 0 Å². The molecule has 0 N–H and O–H groups in total. The van der Waals surface area contributed by atoms with E-state index in [2.05, 4.69) is 0 Å². The molecule has 0 aromatic heterocycles. The number of hydrogen-bond donors (Lipinski definition) is 0. The molecule has 0 aromatic carbocycles. The van der Waals surface area contributed by atoms with Gasteiger partial charge in [-0.05, 0) is 26.7 Å². The van der Waals surface area contributed by atoms with Gasteiger partial charge in [-0.1, -0.05) is 0 Å². The second-order valence-electron chi connectivity index (χ2n) is 4.60. The third kappa shape index (κ3) is 2.47. The number of carbonyl (C=O) groups excluding carboxylic acids is 2. The van der Waals surface area contributed by atoms with Crippen LogP contribution in [0.4, 0.5) is 0 Å². The SMILES string of the molecule is CCOC(=O)[C@H]1CCOC12OCC[C@H]2C(=O)OCC. The van der Waals surface area contributed by atoms with Crippen molar-refractivity contribution in [2.75, 3.05) is 26.4 Å². The maximum atomic E-state index is 12.0. The first-order valence-electron chi connectivity index (χ1n) is 6.76. The van der Waals surface area contributed by atoms with Gasteiger partial charge in [0.25, 0.3) is 0 Å². The Hall–Kier alpha value is -1.14. The molecule has 0 bridgehead atoms. The minimum atomic E-state index is -1.18. The molecule has 2 aliphatic heterocycles. The van der Waals surface area contributed by atoms with Gasteiger partial charge >= 0.3 is 11.9 Å². The summed E-state index contributed by atoms with van der Waals surface area (Å²) >= 11 is 0. The van der Waals surface area contributed by atoms with E-state index in [-0.39, 0.29) is 11.9 Å². The fourth-order valence-corrected chi connectivity index (χ4v) is 2.81. The second kappa shape index (κ2) is 5.88. The minimum absolute atomic E-state index is 0.301. The summed E-state index contributed by atoms with van der Waals surface area (Å²) in [6.45, 7) is 4.88. The van der Waals surface area contributed by atoms with Crippen molar-refractivity contribution >= 4 is 11.9 Å². The van der Waals surface area contributed by atoms with Crippen LogP contribution >= 0.6 is 0 Å². The highest BCUT2D eigenvalue weighted by molar-refractivity contribution is 5.79. The Labute approximate surface area is 112 Å². The Morgan fingerprint density at radius 3 is 1.79 bits per heavy atom. The molecule has 108 valence electrons. The first-order chi connectivity index (χ1) is 9.15. The molecular formula is C13H20O6. The Balaban J connectivity index is 2.18. The van der Waals surface area contributed by atoms with Crippen molar-refractivity contribution in [3.05, 3.63) is 0 Å². The highest BCUT2D eigenvalue weighted by Crippen LogP contribution is 2.46. The summed E-state index contributed by atoms with van der Waals surface area (Å²) < 4.78 is 21.4. The molecule has 0 aliphatic carbocycles. The molecule has 1 spiro atoms. The Bertz CT molecular complexity index is 319. The fraction of sp³-hybridized carbons (Fsp3) is 0.846. The summed E-state index contributed by atoms with van der Waals surface area (Å²) in [5, 5.41) is 0. The molecule has 0 radical (unpaired) electrons. The fourth-order valence-electron chi connectivity index (χ4n) is 2.81. The van der Waals surface area contributed by atoms with Gasteiger partial charge in [0.15, 0.2) is 5.79 Å². The zero-order chi connectivity index (χ0) is 13.9. The lowest BCUT2D eigenvalue weighted by Crippen LogP contribution is -2.48. The van der Waals surface area contributed by atoms with Gasteiger partial charge in [-0.3, -0.25) is 9.59 Å². The summed E-state index contributed by atoms with van der Waals surface area (Å²) in [5.41, 5.74) is 0. The summed E-state index contributed by atoms with van der Waals surface area (Å²) in [6, 6.07) is 0. The van der Waals surface area contributed by atoms with Crippen molar-refractivity contribution in [1.29, 1.82) is 0 Å². The molecule has 2 fully saturated rings.